The molecule has 0 amide bonds. The standard InChI is InChI=1S/C26H26N2O5S/c1-15(2)33-25(30)22-16(3)27-26-28(23(22)18-7-6-8-20(14-18)32-5)24(29)21(34-26)13-17-9-11-19(31-4)12-10-17/h6-15,23H,1-5H3/b21-13+/t23-/m0/s1. The Bertz CT molecular complexity index is 1430. The third-order valence-corrected chi connectivity index (χ3v) is 6.39. The summed E-state index contributed by atoms with van der Waals surface area (Å²) in [6.07, 6.45) is 1.51. The van der Waals surface area contributed by atoms with Crippen molar-refractivity contribution in [3.63, 3.8) is 0 Å². The summed E-state index contributed by atoms with van der Waals surface area (Å²) in [7, 11) is 3.18. The highest BCUT2D eigenvalue weighted by Gasteiger charge is 2.34. The Hall–Kier alpha value is -3.65. The van der Waals surface area contributed by atoms with Crippen molar-refractivity contribution >= 4 is 23.4 Å². The molecule has 8 heteroatoms. The Morgan fingerprint density at radius 2 is 1.79 bits per heavy atom. The van der Waals surface area contributed by atoms with E-state index in [9.17, 15) is 9.59 Å². The van der Waals surface area contributed by atoms with Crippen molar-refractivity contribution in [1.29, 1.82) is 0 Å². The van der Waals surface area contributed by atoms with Crippen LogP contribution in [0.1, 0.15) is 37.9 Å². The molecule has 1 aliphatic rings. The summed E-state index contributed by atoms with van der Waals surface area (Å²) in [6.45, 7) is 5.35. The van der Waals surface area contributed by atoms with Gasteiger partial charge in [-0.15, -0.1) is 0 Å². The first kappa shape index (κ1) is 23.5. The smallest absolute Gasteiger partial charge is 0.338 e. The second kappa shape index (κ2) is 9.69. The van der Waals surface area contributed by atoms with Crippen LogP contribution in [0.5, 0.6) is 11.5 Å². The fourth-order valence-corrected chi connectivity index (χ4v) is 4.89. The van der Waals surface area contributed by atoms with E-state index in [-0.39, 0.29) is 11.7 Å². The lowest BCUT2D eigenvalue weighted by molar-refractivity contribution is -0.143. The molecule has 2 aromatic carbocycles. The number of rotatable bonds is 6. The number of carbonyl (C=O) groups is 1. The van der Waals surface area contributed by atoms with Crippen molar-refractivity contribution in [3.05, 3.63) is 90.6 Å². The number of ether oxygens (including phenoxy) is 3. The van der Waals surface area contributed by atoms with E-state index in [1.54, 1.807) is 39.6 Å². The van der Waals surface area contributed by atoms with Crippen LogP contribution < -0.4 is 24.4 Å². The average molecular weight is 479 g/mol. The Balaban J connectivity index is 1.92. The Kier molecular flexibility index (Phi) is 6.70. The molecule has 4 rings (SSSR count). The van der Waals surface area contributed by atoms with Crippen LogP contribution in [-0.4, -0.2) is 30.9 Å². The van der Waals surface area contributed by atoms with E-state index in [2.05, 4.69) is 4.99 Å². The highest BCUT2D eigenvalue weighted by molar-refractivity contribution is 7.07. The Labute approximate surface area is 201 Å². The molecule has 0 unspecified atom stereocenters. The Morgan fingerprint density at radius 1 is 1.09 bits per heavy atom. The van der Waals surface area contributed by atoms with Gasteiger partial charge < -0.3 is 14.2 Å². The van der Waals surface area contributed by atoms with Gasteiger partial charge >= 0.3 is 5.97 Å². The first-order chi connectivity index (χ1) is 16.3. The number of allylic oxidation sites excluding steroid dienone is 1. The van der Waals surface area contributed by atoms with Gasteiger partial charge in [0, 0.05) is 0 Å². The zero-order valence-electron chi connectivity index (χ0n) is 19.7. The van der Waals surface area contributed by atoms with Gasteiger partial charge in [0.05, 0.1) is 42.2 Å². The first-order valence-electron chi connectivity index (χ1n) is 10.8. The molecule has 1 aliphatic heterocycles. The van der Waals surface area contributed by atoms with Gasteiger partial charge in [-0.3, -0.25) is 9.36 Å². The van der Waals surface area contributed by atoms with Crippen LogP contribution in [0.15, 0.2) is 69.6 Å². The van der Waals surface area contributed by atoms with E-state index in [4.69, 9.17) is 14.2 Å². The summed E-state index contributed by atoms with van der Waals surface area (Å²) in [6, 6.07) is 14.1. The quantitative estimate of drug-likeness (QED) is 0.509. The average Bonchev–Trinajstić information content (AvgIpc) is 3.12. The fraction of sp³-hybridized carbons (Fsp3) is 0.269. The van der Waals surface area contributed by atoms with Crippen molar-refractivity contribution in [1.82, 2.24) is 4.57 Å². The number of thiazole rings is 1. The van der Waals surface area contributed by atoms with E-state index >= 15 is 0 Å². The summed E-state index contributed by atoms with van der Waals surface area (Å²) < 4.78 is 18.2. The number of esters is 1. The number of hydrogen-bond acceptors (Lipinski definition) is 7. The van der Waals surface area contributed by atoms with E-state index in [1.807, 2.05) is 54.6 Å². The van der Waals surface area contributed by atoms with Crippen LogP contribution >= 0.6 is 11.3 Å². The molecule has 0 saturated heterocycles. The molecular weight excluding hydrogens is 452 g/mol. The van der Waals surface area contributed by atoms with Crippen molar-refractivity contribution in [2.75, 3.05) is 14.2 Å². The molecule has 0 spiro atoms. The second-order valence-electron chi connectivity index (χ2n) is 8.09. The first-order valence-corrected chi connectivity index (χ1v) is 11.7. The fourth-order valence-electron chi connectivity index (χ4n) is 3.84. The maximum absolute atomic E-state index is 13.6. The molecule has 0 N–H and O–H groups in total. The number of fused-ring (bicyclic) bond motifs is 1. The molecule has 1 atom stereocenters. The van der Waals surface area contributed by atoms with Gasteiger partial charge in [0.15, 0.2) is 4.80 Å². The number of aromatic nitrogens is 1. The van der Waals surface area contributed by atoms with Crippen LogP contribution in [0.3, 0.4) is 0 Å². The summed E-state index contributed by atoms with van der Waals surface area (Å²) in [5.74, 6) is 0.873. The maximum Gasteiger partial charge on any atom is 0.338 e. The SMILES string of the molecule is COc1ccc(/C=c2/sc3n(c2=O)[C@@H](c2cccc(OC)c2)C(C(=O)OC(C)C)=C(C)N=3)cc1. The molecule has 34 heavy (non-hydrogen) atoms. The summed E-state index contributed by atoms with van der Waals surface area (Å²) in [5.41, 5.74) is 2.23. The highest BCUT2D eigenvalue weighted by Crippen LogP contribution is 2.32. The molecule has 0 bridgehead atoms. The lowest BCUT2D eigenvalue weighted by Gasteiger charge is -2.25. The van der Waals surface area contributed by atoms with E-state index in [0.29, 0.717) is 26.4 Å². The zero-order valence-corrected chi connectivity index (χ0v) is 20.5. The van der Waals surface area contributed by atoms with Crippen molar-refractivity contribution in [2.45, 2.75) is 32.9 Å². The number of benzene rings is 2. The number of methoxy groups -OCH3 is 2. The summed E-state index contributed by atoms with van der Waals surface area (Å²) >= 11 is 1.29. The molecule has 0 radical (unpaired) electrons. The number of carbonyl (C=O) groups excluding carboxylic acids is 1. The molecule has 1 aromatic heterocycles. The van der Waals surface area contributed by atoms with E-state index in [1.165, 1.54) is 11.3 Å². The molecule has 7 nitrogen and oxygen atoms in total. The molecule has 3 aromatic rings. The van der Waals surface area contributed by atoms with Crippen molar-refractivity contribution in [3.8, 4) is 11.5 Å². The predicted octanol–water partition coefficient (Wildman–Crippen LogP) is 3.20. The van der Waals surface area contributed by atoms with E-state index < -0.39 is 12.0 Å². The predicted molar refractivity (Wildman–Crippen MR) is 131 cm³/mol. The van der Waals surface area contributed by atoms with Crippen molar-refractivity contribution < 1.29 is 19.0 Å². The van der Waals surface area contributed by atoms with Crippen LogP contribution in [0.4, 0.5) is 0 Å². The van der Waals surface area contributed by atoms with E-state index in [0.717, 1.165) is 16.9 Å². The summed E-state index contributed by atoms with van der Waals surface area (Å²) in [4.78, 5) is 31.9. The number of nitrogens with zero attached hydrogens (tertiary/aromatic N) is 2. The molecule has 176 valence electrons. The molecule has 0 aliphatic carbocycles. The van der Waals surface area contributed by atoms with Gasteiger partial charge in [0.1, 0.15) is 11.5 Å². The lowest BCUT2D eigenvalue weighted by Crippen LogP contribution is -2.40. The second-order valence-corrected chi connectivity index (χ2v) is 9.09. The third-order valence-electron chi connectivity index (χ3n) is 5.41. The van der Waals surface area contributed by atoms with Crippen molar-refractivity contribution in [2.24, 2.45) is 4.99 Å². The van der Waals surface area contributed by atoms with Crippen LogP contribution in [0.2, 0.25) is 0 Å². The molecule has 2 heterocycles. The minimum atomic E-state index is -0.685. The van der Waals surface area contributed by atoms with Gasteiger partial charge in [0.25, 0.3) is 5.56 Å². The molecule has 0 fully saturated rings. The third kappa shape index (κ3) is 4.54. The zero-order chi connectivity index (χ0) is 24.4. The lowest BCUT2D eigenvalue weighted by atomic mass is 9.95. The van der Waals surface area contributed by atoms with Gasteiger partial charge in [0.2, 0.25) is 0 Å². The largest absolute Gasteiger partial charge is 0.497 e. The minimum absolute atomic E-state index is 0.227. The van der Waals surface area contributed by atoms with Gasteiger partial charge in [-0.25, -0.2) is 9.79 Å². The summed E-state index contributed by atoms with van der Waals surface area (Å²) in [5, 5.41) is 0. The van der Waals surface area contributed by atoms with Crippen LogP contribution in [-0.2, 0) is 9.53 Å². The molecule has 0 saturated carbocycles. The number of hydrogen-bond donors (Lipinski definition) is 0. The normalized spacial score (nSPS) is 15.7. The van der Waals surface area contributed by atoms with Crippen LogP contribution in [0, 0.1) is 0 Å². The minimum Gasteiger partial charge on any atom is -0.497 e. The van der Waals surface area contributed by atoms with Gasteiger partial charge in [-0.1, -0.05) is 35.6 Å². The monoisotopic (exact) mass is 478 g/mol. The topological polar surface area (TPSA) is 79.1 Å². The van der Waals surface area contributed by atoms with Gasteiger partial charge in [-0.05, 0) is 62.2 Å². The molecular formula is C26H26N2O5S. The maximum atomic E-state index is 13.6. The van der Waals surface area contributed by atoms with Gasteiger partial charge in [-0.2, -0.15) is 0 Å². The van der Waals surface area contributed by atoms with Crippen LogP contribution in [0.25, 0.3) is 6.08 Å². The Morgan fingerprint density at radius 3 is 2.44 bits per heavy atom. The highest BCUT2D eigenvalue weighted by atomic mass is 32.1.